The van der Waals surface area contributed by atoms with E-state index in [2.05, 4.69) is 54.1 Å². The molecule has 213 valence electrons. The number of halogens is 1. The molecule has 41 heavy (non-hydrogen) atoms. The van der Waals surface area contributed by atoms with Crippen LogP contribution in [-0.4, -0.2) is 59.6 Å². The van der Waals surface area contributed by atoms with E-state index in [0.29, 0.717) is 46.1 Å². The minimum Gasteiger partial charge on any atom is -0.411 e. The van der Waals surface area contributed by atoms with Gasteiger partial charge in [0, 0.05) is 34.6 Å². The highest BCUT2D eigenvalue weighted by Gasteiger charge is 2.53. The first-order valence-corrected chi connectivity index (χ1v) is 16.2. The van der Waals surface area contributed by atoms with Crippen molar-refractivity contribution in [3.8, 4) is 0 Å². The molecule has 1 atom stereocenters. The molecule has 1 aliphatic rings. The monoisotopic (exact) mass is 590 g/mol. The molecule has 1 saturated heterocycles. The predicted octanol–water partition coefficient (Wildman–Crippen LogP) is 5.30. The summed E-state index contributed by atoms with van der Waals surface area (Å²) in [6.45, 7) is 11.6. The second-order valence-corrected chi connectivity index (χ2v) is 14.2. The summed E-state index contributed by atoms with van der Waals surface area (Å²) in [6, 6.07) is 8.72. The maximum absolute atomic E-state index is 13.9. The van der Waals surface area contributed by atoms with E-state index in [1.165, 1.54) is 18.7 Å². The Morgan fingerprint density at radius 2 is 1.88 bits per heavy atom. The zero-order valence-corrected chi connectivity index (χ0v) is 25.5. The van der Waals surface area contributed by atoms with Gasteiger partial charge < -0.3 is 19.0 Å². The van der Waals surface area contributed by atoms with Crippen LogP contribution in [0.25, 0.3) is 11.0 Å². The van der Waals surface area contributed by atoms with Crippen LogP contribution < -0.4 is 5.32 Å². The number of aromatic nitrogens is 4. The highest BCUT2D eigenvalue weighted by atomic mass is 35.5. The quantitative estimate of drug-likeness (QED) is 0.208. The Labute approximate surface area is 246 Å². The van der Waals surface area contributed by atoms with Crippen molar-refractivity contribution in [2.75, 3.05) is 18.5 Å². The van der Waals surface area contributed by atoms with Gasteiger partial charge in [-0.25, -0.2) is 9.97 Å². The molecule has 1 unspecified atom stereocenters. The summed E-state index contributed by atoms with van der Waals surface area (Å²) in [4.78, 5) is 39.6. The molecule has 0 bridgehead atoms. The van der Waals surface area contributed by atoms with Gasteiger partial charge in [-0.2, -0.15) is 0 Å². The Hall–Kier alpha value is -3.44. The van der Waals surface area contributed by atoms with Crippen molar-refractivity contribution < 1.29 is 18.8 Å². The van der Waals surface area contributed by atoms with Gasteiger partial charge in [0.25, 0.3) is 0 Å². The van der Waals surface area contributed by atoms with Crippen molar-refractivity contribution in [2.45, 2.75) is 51.9 Å². The predicted molar refractivity (Wildman–Crippen MR) is 160 cm³/mol. The number of nitrogens with zero attached hydrogens (tertiary/aromatic N) is 4. The lowest BCUT2D eigenvalue weighted by atomic mass is 9.75. The molecule has 9 nitrogen and oxygen atoms in total. The summed E-state index contributed by atoms with van der Waals surface area (Å²) in [7, 11) is -1.04. The number of pyridine rings is 1. The average Bonchev–Trinajstić information content (AvgIpc) is 3.28. The number of hydrogen-bond donors (Lipinski definition) is 1. The standard InChI is InChI=1S/C30H33ClN5O4Si/c1-29(2,3)28(40-41(4)5)30(16-39-17-30)36-15-24(23-14-33-18-34-27(23)36)26(38)20-11-22(13-32-12-20)35-25(37)10-19-6-8-21(31)9-7-19/h6-9,11-15,18,28H,10,16-17H2,1-5H3,(H,35,37). The molecule has 1 radical (unpaired) electrons. The number of amides is 1. The molecular formula is C30H33ClN5O4Si. The number of ether oxygens (including phenoxy) is 1. The van der Waals surface area contributed by atoms with Crippen molar-refractivity contribution in [3.63, 3.8) is 0 Å². The van der Waals surface area contributed by atoms with Gasteiger partial charge in [-0.15, -0.1) is 0 Å². The fourth-order valence-electron chi connectivity index (χ4n) is 5.32. The third-order valence-corrected chi connectivity index (χ3v) is 8.05. The SMILES string of the molecule is C[Si](C)OC(C(C)(C)C)C1(n2cc(C(=O)c3cncc(NC(=O)Cc4ccc(Cl)cc4)c3)c3cncnc32)COC1. The number of nitrogens with one attached hydrogen (secondary N) is 1. The zero-order valence-electron chi connectivity index (χ0n) is 23.8. The van der Waals surface area contributed by atoms with Crippen LogP contribution in [0.4, 0.5) is 5.69 Å². The molecule has 0 spiro atoms. The highest BCUT2D eigenvalue weighted by Crippen LogP contribution is 2.43. The van der Waals surface area contributed by atoms with Gasteiger partial charge in [0.05, 0.1) is 43.2 Å². The van der Waals surface area contributed by atoms with Crippen LogP contribution in [0.1, 0.15) is 42.3 Å². The number of carbonyl (C=O) groups is 2. The largest absolute Gasteiger partial charge is 0.411 e. The number of ketones is 1. The van der Waals surface area contributed by atoms with Crippen molar-refractivity contribution >= 4 is 49.1 Å². The Morgan fingerprint density at radius 3 is 2.51 bits per heavy atom. The number of rotatable bonds is 9. The normalized spacial score (nSPS) is 15.5. The Balaban J connectivity index is 1.47. The summed E-state index contributed by atoms with van der Waals surface area (Å²) in [5, 5.41) is 4.08. The van der Waals surface area contributed by atoms with E-state index in [0.717, 1.165) is 5.56 Å². The van der Waals surface area contributed by atoms with E-state index >= 15 is 0 Å². The second-order valence-electron chi connectivity index (χ2n) is 11.7. The molecule has 3 aromatic heterocycles. The van der Waals surface area contributed by atoms with Gasteiger partial charge in [0.1, 0.15) is 17.5 Å². The molecule has 1 N–H and O–H groups in total. The van der Waals surface area contributed by atoms with Crippen LogP contribution >= 0.6 is 11.6 Å². The summed E-state index contributed by atoms with van der Waals surface area (Å²) < 4.78 is 14.4. The Bertz CT molecular complexity index is 1580. The van der Waals surface area contributed by atoms with E-state index in [4.69, 9.17) is 20.8 Å². The van der Waals surface area contributed by atoms with Crippen molar-refractivity contribution in [2.24, 2.45) is 5.41 Å². The summed E-state index contributed by atoms with van der Waals surface area (Å²) >= 11 is 5.94. The Morgan fingerprint density at radius 1 is 1.15 bits per heavy atom. The van der Waals surface area contributed by atoms with E-state index in [1.807, 2.05) is 10.8 Å². The number of benzene rings is 1. The fraction of sp³-hybridized carbons (Fsp3) is 0.367. The third-order valence-electron chi connectivity index (χ3n) is 7.09. The molecule has 4 aromatic rings. The van der Waals surface area contributed by atoms with Gasteiger partial charge in [0.2, 0.25) is 14.9 Å². The van der Waals surface area contributed by atoms with Gasteiger partial charge in [0.15, 0.2) is 5.78 Å². The van der Waals surface area contributed by atoms with Gasteiger partial charge in [-0.05, 0) is 42.3 Å². The summed E-state index contributed by atoms with van der Waals surface area (Å²) in [5.41, 5.74) is 1.97. The minimum absolute atomic E-state index is 0.165. The van der Waals surface area contributed by atoms with Crippen molar-refractivity contribution in [3.05, 3.63) is 83.2 Å². The molecule has 1 fully saturated rings. The van der Waals surface area contributed by atoms with Crippen LogP contribution in [0.2, 0.25) is 18.1 Å². The molecule has 0 aliphatic carbocycles. The number of hydrogen-bond acceptors (Lipinski definition) is 7. The molecule has 0 saturated carbocycles. The highest BCUT2D eigenvalue weighted by molar-refractivity contribution is 6.48. The maximum Gasteiger partial charge on any atom is 0.228 e. The molecule has 1 aliphatic heterocycles. The molecule has 11 heteroatoms. The molecule has 1 amide bonds. The van der Waals surface area contributed by atoms with Crippen LogP contribution in [0, 0.1) is 5.41 Å². The minimum atomic E-state index is -1.04. The van der Waals surface area contributed by atoms with Crippen molar-refractivity contribution in [1.82, 2.24) is 19.5 Å². The van der Waals surface area contributed by atoms with Crippen LogP contribution in [0.5, 0.6) is 0 Å². The van der Waals surface area contributed by atoms with Crippen LogP contribution in [0.15, 0.2) is 61.4 Å². The van der Waals surface area contributed by atoms with Gasteiger partial charge in [-0.3, -0.25) is 14.6 Å². The van der Waals surface area contributed by atoms with E-state index in [-0.39, 0.29) is 29.6 Å². The van der Waals surface area contributed by atoms with Crippen LogP contribution in [0.3, 0.4) is 0 Å². The number of anilines is 1. The second kappa shape index (κ2) is 11.4. The first kappa shape index (κ1) is 29.1. The van der Waals surface area contributed by atoms with Crippen LogP contribution in [-0.2, 0) is 25.9 Å². The summed E-state index contributed by atoms with van der Waals surface area (Å²) in [5.74, 6) is -0.471. The lowest BCUT2D eigenvalue weighted by molar-refractivity contribution is -0.175. The maximum atomic E-state index is 13.9. The van der Waals surface area contributed by atoms with E-state index in [1.54, 1.807) is 36.5 Å². The van der Waals surface area contributed by atoms with Crippen molar-refractivity contribution in [1.29, 1.82) is 0 Å². The summed E-state index contributed by atoms with van der Waals surface area (Å²) in [6.07, 6.45) is 8.00. The first-order chi connectivity index (χ1) is 19.5. The Kier molecular flexibility index (Phi) is 8.11. The smallest absolute Gasteiger partial charge is 0.228 e. The van der Waals surface area contributed by atoms with E-state index in [9.17, 15) is 9.59 Å². The zero-order chi connectivity index (χ0) is 29.4. The lowest BCUT2D eigenvalue weighted by Crippen LogP contribution is -2.64. The molecule has 4 heterocycles. The first-order valence-electron chi connectivity index (χ1n) is 13.4. The molecular weight excluding hydrogens is 558 g/mol. The van der Waals surface area contributed by atoms with Gasteiger partial charge >= 0.3 is 0 Å². The average molecular weight is 591 g/mol. The molecule has 5 rings (SSSR count). The number of carbonyl (C=O) groups excluding carboxylic acids is 2. The molecule has 1 aromatic carbocycles. The third kappa shape index (κ3) is 5.96. The van der Waals surface area contributed by atoms with Gasteiger partial charge in [-0.1, -0.05) is 44.5 Å². The lowest BCUT2D eigenvalue weighted by Gasteiger charge is -2.53. The fourth-order valence-corrected chi connectivity index (χ4v) is 6.49. The van der Waals surface area contributed by atoms with E-state index < -0.39 is 14.6 Å². The number of fused-ring (bicyclic) bond motifs is 1. The topological polar surface area (TPSA) is 108 Å².